The summed E-state index contributed by atoms with van der Waals surface area (Å²) in [5.74, 6) is -0.264. The first-order valence-electron chi connectivity index (χ1n) is 6.95. The van der Waals surface area contributed by atoms with Crippen molar-refractivity contribution in [3.63, 3.8) is 0 Å². The minimum atomic E-state index is -3.26. The first-order chi connectivity index (χ1) is 10.9. The molecule has 2 heterocycles. The highest BCUT2D eigenvalue weighted by molar-refractivity contribution is 7.90. The Kier molecular flexibility index (Phi) is 3.87. The van der Waals surface area contributed by atoms with E-state index in [2.05, 4.69) is 10.4 Å². The zero-order valence-corrected chi connectivity index (χ0v) is 13.2. The third kappa shape index (κ3) is 3.24. The molecule has 23 heavy (non-hydrogen) atoms. The molecule has 0 aliphatic rings. The van der Waals surface area contributed by atoms with Crippen LogP contribution in [0.15, 0.2) is 59.8 Å². The zero-order valence-electron chi connectivity index (χ0n) is 12.4. The number of nitrogens with zero attached hydrogens (tertiary/aromatic N) is 2. The van der Waals surface area contributed by atoms with Gasteiger partial charge in [-0.2, -0.15) is 5.10 Å². The molecule has 0 radical (unpaired) electrons. The van der Waals surface area contributed by atoms with E-state index in [1.54, 1.807) is 10.7 Å². The maximum Gasteiger partial charge on any atom is 0.251 e. The van der Waals surface area contributed by atoms with E-state index in [-0.39, 0.29) is 10.8 Å². The number of fused-ring (bicyclic) bond motifs is 1. The second-order valence-electron chi connectivity index (χ2n) is 5.18. The summed E-state index contributed by atoms with van der Waals surface area (Å²) in [4.78, 5) is 12.3. The highest BCUT2D eigenvalue weighted by atomic mass is 32.2. The Balaban J connectivity index is 1.72. The molecule has 0 saturated heterocycles. The Labute approximate surface area is 133 Å². The molecule has 6 nitrogen and oxygen atoms in total. The Hall–Kier alpha value is -2.67. The molecule has 3 aromatic rings. The molecule has 3 rings (SSSR count). The van der Waals surface area contributed by atoms with Crippen LogP contribution in [0.1, 0.15) is 15.9 Å². The largest absolute Gasteiger partial charge is 0.348 e. The van der Waals surface area contributed by atoms with Crippen LogP contribution in [0.25, 0.3) is 5.52 Å². The van der Waals surface area contributed by atoms with E-state index in [0.29, 0.717) is 12.1 Å². The number of carbonyl (C=O) groups excluding carboxylic acids is 1. The summed E-state index contributed by atoms with van der Waals surface area (Å²) >= 11 is 0. The van der Waals surface area contributed by atoms with Gasteiger partial charge in [0.2, 0.25) is 0 Å². The smallest absolute Gasteiger partial charge is 0.251 e. The fourth-order valence-electron chi connectivity index (χ4n) is 2.25. The predicted octanol–water partition coefficient (Wildman–Crippen LogP) is 1.67. The maximum absolute atomic E-state index is 12.1. The average Bonchev–Trinajstić information content (AvgIpc) is 2.95. The average molecular weight is 329 g/mol. The molecule has 0 aliphatic carbocycles. The van der Waals surface area contributed by atoms with E-state index >= 15 is 0 Å². The lowest BCUT2D eigenvalue weighted by atomic mass is 10.2. The lowest BCUT2D eigenvalue weighted by molar-refractivity contribution is 0.0951. The minimum Gasteiger partial charge on any atom is -0.348 e. The number of hydrogen-bond acceptors (Lipinski definition) is 4. The van der Waals surface area contributed by atoms with Gasteiger partial charge in [-0.05, 0) is 36.4 Å². The van der Waals surface area contributed by atoms with Crippen LogP contribution < -0.4 is 5.32 Å². The monoisotopic (exact) mass is 329 g/mol. The van der Waals surface area contributed by atoms with E-state index in [9.17, 15) is 13.2 Å². The number of carbonyl (C=O) groups is 1. The molecule has 0 saturated carbocycles. The van der Waals surface area contributed by atoms with Gasteiger partial charge in [-0.15, -0.1) is 0 Å². The first kappa shape index (κ1) is 15.2. The van der Waals surface area contributed by atoms with Crippen LogP contribution in [0.4, 0.5) is 0 Å². The van der Waals surface area contributed by atoms with Crippen LogP contribution in [-0.2, 0) is 16.4 Å². The van der Waals surface area contributed by atoms with Crippen molar-refractivity contribution < 1.29 is 13.2 Å². The molecule has 1 amide bonds. The maximum atomic E-state index is 12.1. The van der Waals surface area contributed by atoms with Crippen LogP contribution >= 0.6 is 0 Å². The standard InChI is InChI=1S/C16H15N3O3S/c1-23(21,22)14-7-5-12(6-8-14)16(20)17-10-13-11-18-19-9-3-2-4-15(13)19/h2-9,11H,10H2,1H3,(H,17,20). The quantitative estimate of drug-likeness (QED) is 0.789. The second kappa shape index (κ2) is 5.85. The lowest BCUT2D eigenvalue weighted by Gasteiger charge is -2.05. The summed E-state index contributed by atoms with van der Waals surface area (Å²) < 4.78 is 24.6. The highest BCUT2D eigenvalue weighted by Gasteiger charge is 2.10. The van der Waals surface area contributed by atoms with Gasteiger partial charge < -0.3 is 5.32 Å². The third-order valence-electron chi connectivity index (χ3n) is 3.49. The Morgan fingerprint density at radius 1 is 1.17 bits per heavy atom. The molecule has 0 bridgehead atoms. The summed E-state index contributed by atoms with van der Waals surface area (Å²) in [6.45, 7) is 0.347. The first-order valence-corrected chi connectivity index (χ1v) is 8.84. The number of nitrogens with one attached hydrogen (secondary N) is 1. The van der Waals surface area contributed by atoms with Crippen molar-refractivity contribution in [3.8, 4) is 0 Å². The Morgan fingerprint density at radius 3 is 2.61 bits per heavy atom. The van der Waals surface area contributed by atoms with Crippen LogP contribution in [0, 0.1) is 0 Å². The number of rotatable bonds is 4. The molecule has 118 valence electrons. The molecule has 0 spiro atoms. The van der Waals surface area contributed by atoms with E-state index in [1.807, 2.05) is 24.4 Å². The van der Waals surface area contributed by atoms with Gasteiger partial charge in [0.15, 0.2) is 9.84 Å². The van der Waals surface area contributed by atoms with E-state index in [4.69, 9.17) is 0 Å². The second-order valence-corrected chi connectivity index (χ2v) is 7.20. The summed E-state index contributed by atoms with van der Waals surface area (Å²) in [5, 5.41) is 7.02. The molecule has 1 N–H and O–H groups in total. The van der Waals surface area contributed by atoms with Gasteiger partial charge in [0.05, 0.1) is 16.6 Å². The summed E-state index contributed by atoms with van der Waals surface area (Å²) in [5.41, 5.74) is 2.25. The summed E-state index contributed by atoms with van der Waals surface area (Å²) in [6.07, 6.45) is 4.68. The number of hydrogen-bond donors (Lipinski definition) is 1. The number of aromatic nitrogens is 2. The molecule has 0 aliphatic heterocycles. The van der Waals surface area contributed by atoms with Gasteiger partial charge in [-0.3, -0.25) is 4.79 Å². The van der Waals surface area contributed by atoms with Crippen molar-refractivity contribution in [3.05, 3.63) is 66.0 Å². The minimum absolute atomic E-state index is 0.191. The molecule has 0 unspecified atom stereocenters. The molecule has 0 fully saturated rings. The number of benzene rings is 1. The van der Waals surface area contributed by atoms with E-state index < -0.39 is 9.84 Å². The Morgan fingerprint density at radius 2 is 1.91 bits per heavy atom. The van der Waals surface area contributed by atoms with Crippen LogP contribution in [0.5, 0.6) is 0 Å². The van der Waals surface area contributed by atoms with Crippen molar-refractivity contribution in [1.82, 2.24) is 14.9 Å². The topological polar surface area (TPSA) is 80.5 Å². The van der Waals surface area contributed by atoms with Crippen molar-refractivity contribution in [2.75, 3.05) is 6.26 Å². The SMILES string of the molecule is CS(=O)(=O)c1ccc(C(=O)NCc2cnn3ccccc23)cc1. The van der Waals surface area contributed by atoms with Crippen molar-refractivity contribution >= 4 is 21.3 Å². The third-order valence-corrected chi connectivity index (χ3v) is 4.62. The van der Waals surface area contributed by atoms with Crippen LogP contribution in [0.3, 0.4) is 0 Å². The van der Waals surface area contributed by atoms with Crippen LogP contribution in [-0.4, -0.2) is 30.2 Å². The normalized spacial score (nSPS) is 11.5. The van der Waals surface area contributed by atoms with Crippen molar-refractivity contribution in [2.45, 2.75) is 11.4 Å². The van der Waals surface area contributed by atoms with Gasteiger partial charge >= 0.3 is 0 Å². The summed E-state index contributed by atoms with van der Waals surface area (Å²) in [6, 6.07) is 11.6. The van der Waals surface area contributed by atoms with Gasteiger partial charge in [-0.1, -0.05) is 6.07 Å². The fraction of sp³-hybridized carbons (Fsp3) is 0.125. The zero-order chi connectivity index (χ0) is 16.4. The fourth-order valence-corrected chi connectivity index (χ4v) is 2.89. The Bertz CT molecular complexity index is 960. The van der Waals surface area contributed by atoms with Gasteiger partial charge in [-0.25, -0.2) is 12.9 Å². The molecule has 7 heteroatoms. The van der Waals surface area contributed by atoms with Gasteiger partial charge in [0.1, 0.15) is 0 Å². The number of sulfone groups is 1. The summed E-state index contributed by atoms with van der Waals surface area (Å²) in [7, 11) is -3.26. The molecule has 2 aromatic heterocycles. The van der Waals surface area contributed by atoms with Crippen molar-refractivity contribution in [1.29, 1.82) is 0 Å². The highest BCUT2D eigenvalue weighted by Crippen LogP contribution is 2.12. The molecular formula is C16H15N3O3S. The van der Waals surface area contributed by atoms with Gasteiger partial charge in [0, 0.05) is 30.1 Å². The molecular weight excluding hydrogens is 314 g/mol. The number of pyridine rings is 1. The number of amides is 1. The van der Waals surface area contributed by atoms with E-state index in [0.717, 1.165) is 17.3 Å². The predicted molar refractivity (Wildman–Crippen MR) is 85.9 cm³/mol. The van der Waals surface area contributed by atoms with Crippen molar-refractivity contribution in [2.24, 2.45) is 0 Å². The van der Waals surface area contributed by atoms with Crippen LogP contribution in [0.2, 0.25) is 0 Å². The van der Waals surface area contributed by atoms with Gasteiger partial charge in [0.25, 0.3) is 5.91 Å². The molecule has 1 aromatic carbocycles. The lowest BCUT2D eigenvalue weighted by Crippen LogP contribution is -2.22. The molecule has 0 atom stereocenters. The van der Waals surface area contributed by atoms with E-state index in [1.165, 1.54) is 24.3 Å².